The quantitative estimate of drug-likeness (QED) is 0.856. The first kappa shape index (κ1) is 14.4. The molecular formula is C14H10BrClF2O. The maximum absolute atomic E-state index is 13.3. The largest absolute Gasteiger partial charge is 0.388 e. The topological polar surface area (TPSA) is 20.2 Å². The van der Waals surface area contributed by atoms with E-state index in [0.717, 1.165) is 0 Å². The smallest absolute Gasteiger partial charge is 0.142 e. The van der Waals surface area contributed by atoms with Gasteiger partial charge < -0.3 is 5.11 Å². The minimum atomic E-state index is -0.836. The molecule has 2 aromatic carbocycles. The van der Waals surface area contributed by atoms with Gasteiger partial charge in [0.15, 0.2) is 0 Å². The highest BCUT2D eigenvalue weighted by molar-refractivity contribution is 9.10. The van der Waals surface area contributed by atoms with E-state index in [1.54, 1.807) is 6.07 Å². The van der Waals surface area contributed by atoms with Gasteiger partial charge in [0.1, 0.15) is 11.6 Å². The lowest BCUT2D eigenvalue weighted by Crippen LogP contribution is -2.02. The zero-order valence-electron chi connectivity index (χ0n) is 9.71. The molecule has 0 aromatic heterocycles. The van der Waals surface area contributed by atoms with E-state index in [2.05, 4.69) is 15.9 Å². The van der Waals surface area contributed by atoms with Crippen molar-refractivity contribution in [2.24, 2.45) is 0 Å². The van der Waals surface area contributed by atoms with Crippen molar-refractivity contribution in [3.63, 3.8) is 0 Å². The Hall–Kier alpha value is -0.970. The van der Waals surface area contributed by atoms with Crippen molar-refractivity contribution in [2.45, 2.75) is 12.5 Å². The highest BCUT2D eigenvalue weighted by atomic mass is 79.9. The second kappa shape index (κ2) is 5.99. The third kappa shape index (κ3) is 3.53. The molecule has 1 N–H and O–H groups in total. The summed E-state index contributed by atoms with van der Waals surface area (Å²) in [7, 11) is 0. The van der Waals surface area contributed by atoms with E-state index in [-0.39, 0.29) is 15.9 Å². The van der Waals surface area contributed by atoms with Crippen LogP contribution in [0.1, 0.15) is 17.2 Å². The fourth-order valence-electron chi connectivity index (χ4n) is 1.73. The van der Waals surface area contributed by atoms with Crippen LogP contribution < -0.4 is 0 Å². The molecule has 19 heavy (non-hydrogen) atoms. The average molecular weight is 348 g/mol. The third-order valence-electron chi connectivity index (χ3n) is 2.74. The predicted octanol–water partition coefficient (Wildman–Crippen LogP) is 4.66. The van der Waals surface area contributed by atoms with Gasteiger partial charge in [0.2, 0.25) is 0 Å². The van der Waals surface area contributed by atoms with Gasteiger partial charge in [0, 0.05) is 6.42 Å². The van der Waals surface area contributed by atoms with Gasteiger partial charge in [-0.3, -0.25) is 0 Å². The standard InChI is InChI=1S/C14H10BrClF2O/c15-10-7-9(2-4-12(10)17)14(19)6-8-1-3-11(16)13(18)5-8/h1-5,7,14,19H,6H2. The summed E-state index contributed by atoms with van der Waals surface area (Å²) in [5.74, 6) is -0.917. The van der Waals surface area contributed by atoms with Crippen LogP contribution in [0.5, 0.6) is 0 Å². The molecule has 0 aliphatic carbocycles. The molecule has 0 bridgehead atoms. The van der Waals surface area contributed by atoms with Crippen LogP contribution in [-0.2, 0) is 6.42 Å². The van der Waals surface area contributed by atoms with E-state index < -0.39 is 17.7 Å². The van der Waals surface area contributed by atoms with Crippen LogP contribution in [0, 0.1) is 11.6 Å². The summed E-state index contributed by atoms with van der Waals surface area (Å²) in [5.41, 5.74) is 1.18. The first-order chi connectivity index (χ1) is 8.97. The van der Waals surface area contributed by atoms with Crippen molar-refractivity contribution in [1.82, 2.24) is 0 Å². The second-order valence-corrected chi connectivity index (χ2v) is 5.40. The molecule has 0 aliphatic heterocycles. The summed E-state index contributed by atoms with van der Waals surface area (Å²) >= 11 is 8.64. The molecule has 0 radical (unpaired) electrons. The molecule has 1 atom stereocenters. The van der Waals surface area contributed by atoms with Gasteiger partial charge in [-0.25, -0.2) is 8.78 Å². The van der Waals surface area contributed by atoms with Crippen molar-refractivity contribution in [1.29, 1.82) is 0 Å². The number of hydrogen-bond donors (Lipinski definition) is 1. The van der Waals surface area contributed by atoms with E-state index in [9.17, 15) is 13.9 Å². The van der Waals surface area contributed by atoms with Gasteiger partial charge in [0.05, 0.1) is 15.6 Å². The summed E-state index contributed by atoms with van der Waals surface area (Å²) in [6.07, 6.45) is -0.607. The van der Waals surface area contributed by atoms with E-state index in [4.69, 9.17) is 11.6 Å². The maximum Gasteiger partial charge on any atom is 0.142 e. The van der Waals surface area contributed by atoms with Crippen LogP contribution in [0.4, 0.5) is 8.78 Å². The van der Waals surface area contributed by atoms with Gasteiger partial charge in [-0.1, -0.05) is 23.7 Å². The van der Waals surface area contributed by atoms with E-state index in [1.165, 1.54) is 30.3 Å². The highest BCUT2D eigenvalue weighted by Gasteiger charge is 2.12. The van der Waals surface area contributed by atoms with Crippen LogP contribution in [0.3, 0.4) is 0 Å². The van der Waals surface area contributed by atoms with Crippen LogP contribution >= 0.6 is 27.5 Å². The van der Waals surface area contributed by atoms with Crippen molar-refractivity contribution in [3.05, 3.63) is 68.7 Å². The van der Waals surface area contributed by atoms with E-state index in [1.807, 2.05) is 0 Å². The van der Waals surface area contributed by atoms with Gasteiger partial charge in [0.25, 0.3) is 0 Å². The fourth-order valence-corrected chi connectivity index (χ4v) is 2.24. The Balaban J connectivity index is 2.17. The Kier molecular flexibility index (Phi) is 4.55. The van der Waals surface area contributed by atoms with Crippen molar-refractivity contribution < 1.29 is 13.9 Å². The summed E-state index contributed by atoms with van der Waals surface area (Å²) in [5, 5.41) is 10.1. The summed E-state index contributed by atoms with van der Waals surface area (Å²) in [4.78, 5) is 0. The highest BCUT2D eigenvalue weighted by Crippen LogP contribution is 2.25. The normalized spacial score (nSPS) is 12.5. The first-order valence-corrected chi connectivity index (χ1v) is 6.71. The zero-order chi connectivity index (χ0) is 14.0. The van der Waals surface area contributed by atoms with Gasteiger partial charge in [-0.05, 0) is 51.3 Å². The fraction of sp³-hybridized carbons (Fsp3) is 0.143. The van der Waals surface area contributed by atoms with E-state index in [0.29, 0.717) is 11.1 Å². The zero-order valence-corrected chi connectivity index (χ0v) is 12.0. The Morgan fingerprint density at radius 2 is 1.84 bits per heavy atom. The lowest BCUT2D eigenvalue weighted by molar-refractivity contribution is 0.178. The van der Waals surface area contributed by atoms with E-state index >= 15 is 0 Å². The number of rotatable bonds is 3. The maximum atomic E-state index is 13.3. The third-order valence-corrected chi connectivity index (χ3v) is 3.66. The number of halogens is 4. The van der Waals surface area contributed by atoms with Gasteiger partial charge >= 0.3 is 0 Å². The molecular weight excluding hydrogens is 338 g/mol. The SMILES string of the molecule is OC(Cc1ccc(Cl)c(F)c1)c1ccc(F)c(Br)c1. The molecule has 0 fully saturated rings. The molecule has 100 valence electrons. The number of aliphatic hydroxyl groups excluding tert-OH is 1. The lowest BCUT2D eigenvalue weighted by atomic mass is 10.0. The molecule has 1 unspecified atom stereocenters. The lowest BCUT2D eigenvalue weighted by Gasteiger charge is -2.12. The van der Waals surface area contributed by atoms with Gasteiger partial charge in [-0.15, -0.1) is 0 Å². The molecule has 0 aliphatic rings. The Labute approximate surface area is 123 Å². The number of aliphatic hydroxyl groups is 1. The molecule has 0 amide bonds. The van der Waals surface area contributed by atoms with Gasteiger partial charge in [-0.2, -0.15) is 0 Å². The Morgan fingerprint density at radius 1 is 1.11 bits per heavy atom. The summed E-state index contributed by atoms with van der Waals surface area (Å²) < 4.78 is 26.7. The van der Waals surface area contributed by atoms with Crippen LogP contribution in [0.2, 0.25) is 5.02 Å². The number of benzene rings is 2. The minimum Gasteiger partial charge on any atom is -0.388 e. The van der Waals surface area contributed by atoms with Crippen LogP contribution in [0.15, 0.2) is 40.9 Å². The second-order valence-electron chi connectivity index (χ2n) is 4.14. The van der Waals surface area contributed by atoms with Crippen molar-refractivity contribution in [3.8, 4) is 0 Å². The monoisotopic (exact) mass is 346 g/mol. The predicted molar refractivity (Wildman–Crippen MR) is 74.2 cm³/mol. The van der Waals surface area contributed by atoms with Crippen molar-refractivity contribution in [2.75, 3.05) is 0 Å². The summed E-state index contributed by atoms with van der Waals surface area (Å²) in [6.45, 7) is 0. The minimum absolute atomic E-state index is 0.0442. The Morgan fingerprint density at radius 3 is 2.47 bits per heavy atom. The Bertz CT molecular complexity index is 604. The first-order valence-electron chi connectivity index (χ1n) is 5.54. The summed E-state index contributed by atoms with van der Waals surface area (Å²) in [6, 6.07) is 8.64. The molecule has 1 nitrogen and oxygen atoms in total. The molecule has 0 saturated carbocycles. The van der Waals surface area contributed by atoms with Crippen LogP contribution in [0.25, 0.3) is 0 Å². The molecule has 5 heteroatoms. The van der Waals surface area contributed by atoms with Crippen molar-refractivity contribution >= 4 is 27.5 Å². The molecule has 0 spiro atoms. The molecule has 0 saturated heterocycles. The van der Waals surface area contributed by atoms with Crippen LogP contribution in [-0.4, -0.2) is 5.11 Å². The number of hydrogen-bond acceptors (Lipinski definition) is 1. The molecule has 2 rings (SSSR count). The molecule has 2 aromatic rings. The molecule has 0 heterocycles. The average Bonchev–Trinajstić information content (AvgIpc) is 2.37.